The highest BCUT2D eigenvalue weighted by Gasteiger charge is 2.34. The van der Waals surface area contributed by atoms with Gasteiger partial charge in [0.05, 0.1) is 6.04 Å². The molecule has 126 valence electrons. The summed E-state index contributed by atoms with van der Waals surface area (Å²) < 4.78 is 0. The van der Waals surface area contributed by atoms with E-state index in [4.69, 9.17) is 5.73 Å². The van der Waals surface area contributed by atoms with E-state index in [0.717, 1.165) is 17.9 Å². The molecule has 2 aliphatic rings. The molecule has 1 saturated carbocycles. The lowest BCUT2D eigenvalue weighted by molar-refractivity contribution is -0.125. The molecule has 0 radical (unpaired) electrons. The normalized spacial score (nSPS) is 26.3. The first kappa shape index (κ1) is 16.3. The van der Waals surface area contributed by atoms with Crippen LogP contribution in [0, 0.1) is 0 Å². The van der Waals surface area contributed by atoms with E-state index in [1.165, 1.54) is 32.1 Å². The summed E-state index contributed by atoms with van der Waals surface area (Å²) in [4.78, 5) is 23.3. The number of carbonyl (C=O) groups is 1. The van der Waals surface area contributed by atoms with E-state index in [0.29, 0.717) is 18.9 Å². The van der Waals surface area contributed by atoms with E-state index < -0.39 is 0 Å². The fraction of sp³-hybridized carbons (Fsp3) is 0.706. The van der Waals surface area contributed by atoms with Crippen molar-refractivity contribution >= 4 is 5.91 Å². The van der Waals surface area contributed by atoms with Crippen molar-refractivity contribution in [3.63, 3.8) is 0 Å². The van der Waals surface area contributed by atoms with Crippen LogP contribution in [0.4, 0.5) is 0 Å². The van der Waals surface area contributed by atoms with E-state index in [1.807, 2.05) is 12.4 Å². The maximum atomic E-state index is 12.0. The Morgan fingerprint density at radius 2 is 2.00 bits per heavy atom. The van der Waals surface area contributed by atoms with Crippen LogP contribution in [0.2, 0.25) is 0 Å². The van der Waals surface area contributed by atoms with Gasteiger partial charge in [0.2, 0.25) is 5.91 Å². The van der Waals surface area contributed by atoms with Gasteiger partial charge < -0.3 is 11.1 Å². The average Bonchev–Trinajstić information content (AvgIpc) is 2.96. The summed E-state index contributed by atoms with van der Waals surface area (Å²) in [7, 11) is 1.67. The maximum Gasteiger partial charge on any atom is 0.237 e. The van der Waals surface area contributed by atoms with Crippen molar-refractivity contribution in [3.05, 3.63) is 23.8 Å². The second-order valence-electron chi connectivity index (χ2n) is 6.84. The molecule has 23 heavy (non-hydrogen) atoms. The van der Waals surface area contributed by atoms with Crippen molar-refractivity contribution in [1.29, 1.82) is 0 Å². The van der Waals surface area contributed by atoms with Gasteiger partial charge in [-0.1, -0.05) is 19.3 Å². The van der Waals surface area contributed by atoms with E-state index >= 15 is 0 Å². The summed E-state index contributed by atoms with van der Waals surface area (Å²) in [5.41, 5.74) is 7.08. The lowest BCUT2D eigenvalue weighted by Crippen LogP contribution is -2.41. The highest BCUT2D eigenvalue weighted by molar-refractivity contribution is 5.81. The number of nitrogens with two attached hydrogens (primary N) is 1. The maximum absolute atomic E-state index is 12.0. The standard InChI is InChI=1S/C17H27N5O/c1-19-17(23)15-7-14(18)11-22(15)10-12-8-20-16(21-9-12)13-5-3-2-4-6-13/h8-9,13-15H,2-7,10-11,18H2,1H3,(H,19,23)/t14-,15-/m0/s1. The van der Waals surface area contributed by atoms with Gasteiger partial charge in [0.25, 0.3) is 0 Å². The minimum atomic E-state index is -0.145. The van der Waals surface area contributed by atoms with Crippen LogP contribution in [0.5, 0.6) is 0 Å². The summed E-state index contributed by atoms with van der Waals surface area (Å²) in [5.74, 6) is 1.55. The fourth-order valence-corrected chi connectivity index (χ4v) is 3.81. The van der Waals surface area contributed by atoms with Gasteiger partial charge in [0.1, 0.15) is 5.82 Å². The van der Waals surface area contributed by atoms with Crippen LogP contribution in [-0.4, -0.2) is 46.5 Å². The third-order valence-electron chi connectivity index (χ3n) is 5.07. The van der Waals surface area contributed by atoms with Gasteiger partial charge in [-0.15, -0.1) is 0 Å². The second kappa shape index (κ2) is 7.36. The minimum absolute atomic E-state index is 0.0395. The molecule has 1 aliphatic carbocycles. The molecule has 2 atom stereocenters. The number of hydrogen-bond acceptors (Lipinski definition) is 5. The van der Waals surface area contributed by atoms with Crippen molar-refractivity contribution < 1.29 is 4.79 Å². The number of nitrogens with one attached hydrogen (secondary N) is 1. The SMILES string of the molecule is CNC(=O)[C@@H]1C[C@H](N)CN1Cc1cnc(C2CCCCC2)nc1. The van der Waals surface area contributed by atoms with E-state index in [1.54, 1.807) is 7.05 Å². The zero-order chi connectivity index (χ0) is 16.2. The number of carbonyl (C=O) groups excluding carboxylic acids is 1. The van der Waals surface area contributed by atoms with E-state index in [-0.39, 0.29) is 18.0 Å². The first-order chi connectivity index (χ1) is 11.2. The predicted molar refractivity (Wildman–Crippen MR) is 88.7 cm³/mol. The van der Waals surface area contributed by atoms with Crippen LogP contribution in [0.3, 0.4) is 0 Å². The molecule has 1 aromatic heterocycles. The Labute approximate surface area is 137 Å². The summed E-state index contributed by atoms with van der Waals surface area (Å²) in [6.07, 6.45) is 10.9. The highest BCUT2D eigenvalue weighted by Crippen LogP contribution is 2.30. The largest absolute Gasteiger partial charge is 0.358 e. The molecule has 1 amide bonds. The Morgan fingerprint density at radius 3 is 2.65 bits per heavy atom. The predicted octanol–water partition coefficient (Wildman–Crippen LogP) is 1.17. The summed E-state index contributed by atoms with van der Waals surface area (Å²) >= 11 is 0. The van der Waals surface area contributed by atoms with Gasteiger partial charge in [-0.05, 0) is 19.3 Å². The molecule has 1 aromatic rings. The molecule has 3 rings (SSSR count). The molecular weight excluding hydrogens is 290 g/mol. The summed E-state index contributed by atoms with van der Waals surface area (Å²) in [6.45, 7) is 1.42. The van der Waals surface area contributed by atoms with Gasteiger partial charge in [-0.25, -0.2) is 9.97 Å². The Kier molecular flexibility index (Phi) is 5.23. The molecule has 2 heterocycles. The Morgan fingerprint density at radius 1 is 1.30 bits per heavy atom. The first-order valence-corrected chi connectivity index (χ1v) is 8.69. The third kappa shape index (κ3) is 3.87. The van der Waals surface area contributed by atoms with E-state index in [2.05, 4.69) is 20.2 Å². The van der Waals surface area contributed by atoms with Crippen LogP contribution in [0.1, 0.15) is 55.8 Å². The average molecular weight is 317 g/mol. The number of rotatable bonds is 4. The zero-order valence-electron chi connectivity index (χ0n) is 13.9. The fourth-order valence-electron chi connectivity index (χ4n) is 3.81. The molecule has 0 spiro atoms. The molecule has 0 unspecified atom stereocenters. The summed E-state index contributed by atoms with van der Waals surface area (Å²) in [5, 5.41) is 2.73. The second-order valence-corrected chi connectivity index (χ2v) is 6.84. The van der Waals surface area contributed by atoms with Crippen molar-refractivity contribution in [3.8, 4) is 0 Å². The minimum Gasteiger partial charge on any atom is -0.358 e. The van der Waals surface area contributed by atoms with Crippen LogP contribution in [0.15, 0.2) is 12.4 Å². The molecule has 0 aromatic carbocycles. The summed E-state index contributed by atoms with van der Waals surface area (Å²) in [6, 6.07) is -0.0900. The number of likely N-dealkylation sites (tertiary alicyclic amines) is 1. The Hall–Kier alpha value is -1.53. The van der Waals surface area contributed by atoms with Crippen molar-refractivity contribution in [2.75, 3.05) is 13.6 Å². The van der Waals surface area contributed by atoms with Gasteiger partial charge in [0, 0.05) is 50.1 Å². The van der Waals surface area contributed by atoms with Gasteiger partial charge in [-0.3, -0.25) is 9.69 Å². The lowest BCUT2D eigenvalue weighted by atomic mass is 9.89. The molecule has 3 N–H and O–H groups in total. The van der Waals surface area contributed by atoms with Crippen molar-refractivity contribution in [2.24, 2.45) is 5.73 Å². The number of nitrogens with zero attached hydrogens (tertiary/aromatic N) is 3. The monoisotopic (exact) mass is 317 g/mol. The number of hydrogen-bond donors (Lipinski definition) is 2. The van der Waals surface area contributed by atoms with E-state index in [9.17, 15) is 4.79 Å². The van der Waals surface area contributed by atoms with Crippen molar-refractivity contribution in [2.45, 2.75) is 63.1 Å². The van der Waals surface area contributed by atoms with Crippen LogP contribution < -0.4 is 11.1 Å². The van der Waals surface area contributed by atoms with Gasteiger partial charge in [-0.2, -0.15) is 0 Å². The van der Waals surface area contributed by atoms with Crippen LogP contribution in [-0.2, 0) is 11.3 Å². The quantitative estimate of drug-likeness (QED) is 0.871. The Bertz CT molecular complexity index is 526. The molecule has 1 aliphatic heterocycles. The van der Waals surface area contributed by atoms with Crippen LogP contribution >= 0.6 is 0 Å². The lowest BCUT2D eigenvalue weighted by Gasteiger charge is -2.23. The van der Waals surface area contributed by atoms with Crippen molar-refractivity contribution in [1.82, 2.24) is 20.2 Å². The molecule has 2 fully saturated rings. The van der Waals surface area contributed by atoms with Crippen LogP contribution in [0.25, 0.3) is 0 Å². The van der Waals surface area contributed by atoms with Gasteiger partial charge in [0.15, 0.2) is 0 Å². The molecule has 0 bridgehead atoms. The highest BCUT2D eigenvalue weighted by atomic mass is 16.2. The molecule has 6 nitrogen and oxygen atoms in total. The Balaban J connectivity index is 1.64. The first-order valence-electron chi connectivity index (χ1n) is 8.69. The van der Waals surface area contributed by atoms with Gasteiger partial charge >= 0.3 is 0 Å². The third-order valence-corrected chi connectivity index (χ3v) is 5.07. The number of likely N-dealkylation sites (N-methyl/N-ethyl adjacent to an activating group) is 1. The topological polar surface area (TPSA) is 84.1 Å². The molecule has 1 saturated heterocycles. The smallest absolute Gasteiger partial charge is 0.237 e. The molecular formula is C17H27N5O. The molecule has 6 heteroatoms. The number of amides is 1. The number of aromatic nitrogens is 2. The zero-order valence-corrected chi connectivity index (χ0v) is 13.9.